The van der Waals surface area contributed by atoms with Gasteiger partial charge < -0.3 is 16.5 Å². The van der Waals surface area contributed by atoms with Gasteiger partial charge in [-0.2, -0.15) is 13.2 Å². The monoisotopic (exact) mass is 413 g/mol. The second-order valence-electron chi connectivity index (χ2n) is 6.64. The number of nitrogens with zero attached hydrogens (tertiary/aromatic N) is 2. The average Bonchev–Trinajstić information content (AvgIpc) is 2.68. The highest BCUT2D eigenvalue weighted by Crippen LogP contribution is 2.30. The van der Waals surface area contributed by atoms with Gasteiger partial charge in [0.1, 0.15) is 5.82 Å². The van der Waals surface area contributed by atoms with Crippen LogP contribution in [0, 0.1) is 12.3 Å². The Kier molecular flexibility index (Phi) is 5.55. The first-order valence-electron chi connectivity index (χ1n) is 8.84. The van der Waals surface area contributed by atoms with E-state index >= 15 is 0 Å². The summed E-state index contributed by atoms with van der Waals surface area (Å²) in [4.78, 5) is 21.0. The Labute approximate surface area is 170 Å². The molecule has 0 aliphatic heterocycles. The number of hydrogen-bond acceptors (Lipinski definition) is 5. The number of nitrogens with two attached hydrogens (primary N) is 1. The van der Waals surface area contributed by atoms with Crippen molar-refractivity contribution in [2.45, 2.75) is 20.0 Å². The minimum absolute atomic E-state index is 0.125. The van der Waals surface area contributed by atoms with E-state index in [0.29, 0.717) is 28.2 Å². The van der Waals surface area contributed by atoms with Gasteiger partial charge in [-0.3, -0.25) is 9.78 Å². The summed E-state index contributed by atoms with van der Waals surface area (Å²) in [6, 6.07) is 9.15. The van der Waals surface area contributed by atoms with E-state index in [-0.39, 0.29) is 17.1 Å². The van der Waals surface area contributed by atoms with Crippen LogP contribution in [0.4, 0.5) is 24.7 Å². The van der Waals surface area contributed by atoms with Gasteiger partial charge >= 0.3 is 6.18 Å². The zero-order valence-electron chi connectivity index (χ0n) is 16.1. The van der Waals surface area contributed by atoms with E-state index in [2.05, 4.69) is 15.3 Å². The third-order valence-electron chi connectivity index (χ3n) is 4.40. The molecule has 0 unspecified atom stereocenters. The first kappa shape index (κ1) is 21.0. The number of carbonyl (C=O) groups is 1. The minimum atomic E-state index is -4.54. The van der Waals surface area contributed by atoms with E-state index in [4.69, 9.17) is 11.1 Å². The zero-order chi connectivity index (χ0) is 22.1. The van der Waals surface area contributed by atoms with E-state index < -0.39 is 17.6 Å². The van der Waals surface area contributed by atoms with Crippen LogP contribution in [0.2, 0.25) is 0 Å². The van der Waals surface area contributed by atoms with Gasteiger partial charge in [-0.15, -0.1) is 0 Å². The quantitative estimate of drug-likeness (QED) is 0.540. The van der Waals surface area contributed by atoms with Crippen molar-refractivity contribution in [1.82, 2.24) is 9.97 Å². The lowest BCUT2D eigenvalue weighted by molar-refractivity contribution is -0.137. The zero-order valence-corrected chi connectivity index (χ0v) is 16.1. The van der Waals surface area contributed by atoms with E-state index in [1.54, 1.807) is 32.0 Å². The molecule has 4 N–H and O–H groups in total. The highest BCUT2D eigenvalue weighted by molar-refractivity contribution is 6.04. The molecule has 0 radical (unpaired) electrons. The molecule has 154 valence electrons. The maximum atomic E-state index is 12.9. The Morgan fingerprint density at radius 3 is 2.53 bits per heavy atom. The number of rotatable bonds is 4. The Morgan fingerprint density at radius 2 is 1.90 bits per heavy atom. The Bertz CT molecular complexity index is 1140. The van der Waals surface area contributed by atoms with Crippen molar-refractivity contribution in [1.29, 1.82) is 5.41 Å². The summed E-state index contributed by atoms with van der Waals surface area (Å²) in [5, 5.41) is 10.2. The molecule has 0 bridgehead atoms. The first-order chi connectivity index (χ1) is 14.1. The summed E-state index contributed by atoms with van der Waals surface area (Å²) in [7, 11) is 0. The molecule has 9 heteroatoms. The number of pyridine rings is 2. The fourth-order valence-corrected chi connectivity index (χ4v) is 2.84. The normalized spacial score (nSPS) is 11.2. The van der Waals surface area contributed by atoms with Crippen LogP contribution in [-0.4, -0.2) is 21.6 Å². The predicted octanol–water partition coefficient (Wildman–Crippen LogP) is 4.69. The van der Waals surface area contributed by atoms with Gasteiger partial charge in [-0.05, 0) is 50.2 Å². The molecule has 30 heavy (non-hydrogen) atoms. The number of aryl methyl sites for hydroxylation is 1. The maximum absolute atomic E-state index is 12.9. The maximum Gasteiger partial charge on any atom is 0.416 e. The summed E-state index contributed by atoms with van der Waals surface area (Å²) < 4.78 is 38.6. The molecule has 0 saturated carbocycles. The number of alkyl halides is 3. The van der Waals surface area contributed by atoms with Crippen LogP contribution in [-0.2, 0) is 6.18 Å². The van der Waals surface area contributed by atoms with Crippen LogP contribution in [0.5, 0.6) is 0 Å². The topological polar surface area (TPSA) is 105 Å². The van der Waals surface area contributed by atoms with Gasteiger partial charge in [0.25, 0.3) is 5.91 Å². The summed E-state index contributed by atoms with van der Waals surface area (Å²) in [6.07, 6.45) is -3.13. The lowest BCUT2D eigenvalue weighted by Gasteiger charge is -2.12. The molecule has 1 aromatic carbocycles. The largest absolute Gasteiger partial charge is 0.416 e. The van der Waals surface area contributed by atoms with Crippen molar-refractivity contribution in [3.63, 3.8) is 0 Å². The van der Waals surface area contributed by atoms with Gasteiger partial charge in [0.2, 0.25) is 0 Å². The number of benzene rings is 1. The SMILES string of the molecule is CC(=N)c1ccc(-c2cc(NC(=O)c3cccc(C(F)(F)F)c3)cnc2C)nc1N. The van der Waals surface area contributed by atoms with E-state index in [1.807, 2.05) is 0 Å². The molecule has 0 aliphatic carbocycles. The van der Waals surface area contributed by atoms with Crippen LogP contribution in [0.3, 0.4) is 0 Å². The highest BCUT2D eigenvalue weighted by Gasteiger charge is 2.30. The van der Waals surface area contributed by atoms with Gasteiger partial charge in [0.15, 0.2) is 0 Å². The van der Waals surface area contributed by atoms with E-state index in [0.717, 1.165) is 12.1 Å². The molecule has 2 heterocycles. The van der Waals surface area contributed by atoms with Gasteiger partial charge in [0, 0.05) is 28.1 Å². The molecule has 3 rings (SSSR count). The molecule has 2 aromatic heterocycles. The van der Waals surface area contributed by atoms with Crippen molar-refractivity contribution in [3.05, 3.63) is 71.0 Å². The van der Waals surface area contributed by atoms with Crippen molar-refractivity contribution in [3.8, 4) is 11.3 Å². The Balaban J connectivity index is 1.90. The highest BCUT2D eigenvalue weighted by atomic mass is 19.4. The number of anilines is 2. The van der Waals surface area contributed by atoms with E-state index in [9.17, 15) is 18.0 Å². The van der Waals surface area contributed by atoms with Gasteiger partial charge in [0.05, 0.1) is 23.1 Å². The van der Waals surface area contributed by atoms with Gasteiger partial charge in [-0.1, -0.05) is 6.07 Å². The fourth-order valence-electron chi connectivity index (χ4n) is 2.84. The first-order valence-corrected chi connectivity index (χ1v) is 8.84. The van der Waals surface area contributed by atoms with Gasteiger partial charge in [-0.25, -0.2) is 4.98 Å². The van der Waals surface area contributed by atoms with Crippen molar-refractivity contribution in [2.75, 3.05) is 11.1 Å². The molecule has 0 spiro atoms. The molecule has 1 amide bonds. The van der Waals surface area contributed by atoms with Crippen molar-refractivity contribution >= 4 is 23.1 Å². The molecular weight excluding hydrogens is 395 g/mol. The number of hydrogen-bond donors (Lipinski definition) is 3. The standard InChI is InChI=1S/C21H18F3N5O/c1-11(25)16-6-7-18(29-19(16)26)17-9-15(10-27-12(17)2)28-20(30)13-4-3-5-14(8-13)21(22,23)24/h3-10,25H,1-2H3,(H2,26,29)(H,28,30). The summed E-state index contributed by atoms with van der Waals surface area (Å²) in [6.45, 7) is 3.35. The second-order valence-corrected chi connectivity index (χ2v) is 6.64. The predicted molar refractivity (Wildman–Crippen MR) is 109 cm³/mol. The number of halogens is 3. The van der Waals surface area contributed by atoms with Crippen molar-refractivity contribution in [2.24, 2.45) is 0 Å². The second kappa shape index (κ2) is 7.94. The molecule has 3 aromatic rings. The van der Waals surface area contributed by atoms with Crippen LogP contribution in [0.25, 0.3) is 11.3 Å². The molecule has 0 aliphatic rings. The Hall–Kier alpha value is -3.75. The number of nitrogens with one attached hydrogen (secondary N) is 2. The summed E-state index contributed by atoms with van der Waals surface area (Å²) in [5.41, 5.74) is 7.70. The van der Waals surface area contributed by atoms with Crippen LogP contribution >= 0.6 is 0 Å². The van der Waals surface area contributed by atoms with Crippen LogP contribution in [0.1, 0.15) is 34.1 Å². The smallest absolute Gasteiger partial charge is 0.383 e. The fraction of sp³-hybridized carbons (Fsp3) is 0.143. The third kappa shape index (κ3) is 4.45. The molecule has 0 atom stereocenters. The number of carbonyl (C=O) groups excluding carboxylic acids is 1. The number of aromatic nitrogens is 2. The summed E-state index contributed by atoms with van der Waals surface area (Å²) >= 11 is 0. The van der Waals surface area contributed by atoms with Crippen molar-refractivity contribution < 1.29 is 18.0 Å². The number of amides is 1. The average molecular weight is 413 g/mol. The minimum Gasteiger partial charge on any atom is -0.383 e. The molecule has 6 nitrogen and oxygen atoms in total. The summed E-state index contributed by atoms with van der Waals surface area (Å²) in [5.74, 6) is -0.502. The molecule has 0 saturated heterocycles. The lowest BCUT2D eigenvalue weighted by atomic mass is 10.1. The van der Waals surface area contributed by atoms with Crippen LogP contribution < -0.4 is 11.1 Å². The third-order valence-corrected chi connectivity index (χ3v) is 4.40. The molecule has 0 fully saturated rings. The number of nitrogen functional groups attached to an aromatic ring is 1. The van der Waals surface area contributed by atoms with E-state index in [1.165, 1.54) is 18.3 Å². The van der Waals surface area contributed by atoms with Crippen LogP contribution in [0.15, 0.2) is 48.7 Å². The molecular formula is C21H18F3N5O. The lowest BCUT2D eigenvalue weighted by Crippen LogP contribution is -2.14. The Morgan fingerprint density at radius 1 is 1.17 bits per heavy atom.